The monoisotopic (exact) mass is 354 g/mol. The summed E-state index contributed by atoms with van der Waals surface area (Å²) in [5.74, 6) is 0. The SMILES string of the molecule is O=[N+]([O-])c1ccccc1CNc1cccc(I)c1. The van der Waals surface area contributed by atoms with Crippen LogP contribution in [-0.4, -0.2) is 4.92 Å². The van der Waals surface area contributed by atoms with Gasteiger partial charge in [0.1, 0.15) is 0 Å². The van der Waals surface area contributed by atoms with Gasteiger partial charge in [-0.1, -0.05) is 24.3 Å². The fraction of sp³-hybridized carbons (Fsp3) is 0.0769. The van der Waals surface area contributed by atoms with Gasteiger partial charge in [0.05, 0.1) is 4.92 Å². The normalized spacial score (nSPS) is 10.1. The van der Waals surface area contributed by atoms with E-state index in [1.54, 1.807) is 18.2 Å². The lowest BCUT2D eigenvalue weighted by Crippen LogP contribution is -2.02. The smallest absolute Gasteiger partial charge is 0.274 e. The summed E-state index contributed by atoms with van der Waals surface area (Å²) >= 11 is 2.23. The van der Waals surface area contributed by atoms with E-state index in [2.05, 4.69) is 27.9 Å². The lowest BCUT2D eigenvalue weighted by atomic mass is 10.2. The van der Waals surface area contributed by atoms with Crippen molar-refractivity contribution in [1.29, 1.82) is 0 Å². The molecule has 4 nitrogen and oxygen atoms in total. The van der Waals surface area contributed by atoms with Crippen molar-refractivity contribution < 1.29 is 4.92 Å². The number of benzene rings is 2. The van der Waals surface area contributed by atoms with Crippen LogP contribution >= 0.6 is 22.6 Å². The fourth-order valence-corrected chi connectivity index (χ4v) is 2.18. The van der Waals surface area contributed by atoms with Gasteiger partial charge in [0.25, 0.3) is 5.69 Å². The predicted octanol–water partition coefficient (Wildman–Crippen LogP) is 3.81. The molecule has 0 unspecified atom stereocenters. The maximum atomic E-state index is 10.9. The summed E-state index contributed by atoms with van der Waals surface area (Å²) in [6, 6.07) is 14.6. The van der Waals surface area contributed by atoms with Gasteiger partial charge in [-0.15, -0.1) is 0 Å². The van der Waals surface area contributed by atoms with Gasteiger partial charge >= 0.3 is 0 Å². The zero-order valence-electron chi connectivity index (χ0n) is 9.47. The molecule has 0 aliphatic carbocycles. The van der Waals surface area contributed by atoms with Gasteiger partial charge in [0, 0.05) is 27.4 Å². The summed E-state index contributed by atoms with van der Waals surface area (Å²) in [4.78, 5) is 10.5. The third-order valence-corrected chi connectivity index (χ3v) is 3.17. The van der Waals surface area contributed by atoms with Crippen LogP contribution in [0.1, 0.15) is 5.56 Å². The molecular weight excluding hydrogens is 343 g/mol. The third kappa shape index (κ3) is 3.19. The maximum absolute atomic E-state index is 10.9. The third-order valence-electron chi connectivity index (χ3n) is 2.50. The molecule has 5 heteroatoms. The van der Waals surface area contributed by atoms with Gasteiger partial charge in [-0.25, -0.2) is 0 Å². The molecule has 2 rings (SSSR count). The number of halogens is 1. The molecule has 1 N–H and O–H groups in total. The number of nitrogens with zero attached hydrogens (tertiary/aromatic N) is 1. The first-order valence-electron chi connectivity index (χ1n) is 5.38. The van der Waals surface area contributed by atoms with Gasteiger partial charge in [-0.05, 0) is 40.8 Å². The van der Waals surface area contributed by atoms with E-state index in [1.807, 2.05) is 24.3 Å². The second-order valence-corrected chi connectivity index (χ2v) is 5.00. The highest BCUT2D eigenvalue weighted by Crippen LogP contribution is 2.19. The first-order chi connectivity index (χ1) is 8.66. The average molecular weight is 354 g/mol. The topological polar surface area (TPSA) is 55.2 Å². The molecule has 0 aliphatic heterocycles. The van der Waals surface area contributed by atoms with E-state index in [0.717, 1.165) is 9.26 Å². The van der Waals surface area contributed by atoms with Gasteiger partial charge in [-0.2, -0.15) is 0 Å². The summed E-state index contributed by atoms with van der Waals surface area (Å²) in [5.41, 5.74) is 1.79. The number of hydrogen-bond acceptors (Lipinski definition) is 3. The van der Waals surface area contributed by atoms with E-state index in [9.17, 15) is 10.1 Å². The Hall–Kier alpha value is -1.63. The van der Waals surface area contributed by atoms with Crippen LogP contribution in [0.2, 0.25) is 0 Å². The van der Waals surface area contributed by atoms with Crippen molar-refractivity contribution >= 4 is 34.0 Å². The molecule has 0 atom stereocenters. The number of anilines is 1. The Labute approximate surface area is 118 Å². The van der Waals surface area contributed by atoms with Gasteiger partial charge in [0.15, 0.2) is 0 Å². The van der Waals surface area contributed by atoms with E-state index in [1.165, 1.54) is 6.07 Å². The molecule has 0 spiro atoms. The Balaban J connectivity index is 2.13. The van der Waals surface area contributed by atoms with Crippen molar-refractivity contribution in [2.45, 2.75) is 6.54 Å². The van der Waals surface area contributed by atoms with E-state index < -0.39 is 0 Å². The van der Waals surface area contributed by atoms with Crippen molar-refractivity contribution in [2.24, 2.45) is 0 Å². The molecule has 0 aromatic heterocycles. The second-order valence-electron chi connectivity index (χ2n) is 3.75. The average Bonchev–Trinajstić information content (AvgIpc) is 2.37. The molecule has 0 heterocycles. The van der Waals surface area contributed by atoms with Crippen LogP contribution in [0.5, 0.6) is 0 Å². The van der Waals surface area contributed by atoms with Crippen molar-refractivity contribution in [2.75, 3.05) is 5.32 Å². The van der Waals surface area contributed by atoms with Gasteiger partial charge in [0.2, 0.25) is 0 Å². The van der Waals surface area contributed by atoms with Crippen molar-refractivity contribution in [3.63, 3.8) is 0 Å². The number of hydrogen-bond donors (Lipinski definition) is 1. The number of rotatable bonds is 4. The Kier molecular flexibility index (Phi) is 4.14. The van der Waals surface area contributed by atoms with Crippen LogP contribution in [0.3, 0.4) is 0 Å². The van der Waals surface area contributed by atoms with Crippen LogP contribution in [0.4, 0.5) is 11.4 Å². The highest BCUT2D eigenvalue weighted by atomic mass is 127. The minimum Gasteiger partial charge on any atom is -0.381 e. The summed E-state index contributed by atoms with van der Waals surface area (Å²) in [5, 5.41) is 14.1. The predicted molar refractivity (Wildman–Crippen MR) is 79.6 cm³/mol. The Bertz CT molecular complexity index is 572. The molecule has 0 saturated heterocycles. The Morgan fingerprint density at radius 3 is 2.67 bits per heavy atom. The molecule has 0 saturated carbocycles. The van der Waals surface area contributed by atoms with Crippen LogP contribution in [0.15, 0.2) is 48.5 Å². The number of nitro benzene ring substituents is 1. The minimum atomic E-state index is -0.355. The molecule has 0 aliphatic rings. The van der Waals surface area contributed by atoms with Crippen molar-refractivity contribution in [3.8, 4) is 0 Å². The van der Waals surface area contributed by atoms with E-state index in [-0.39, 0.29) is 10.6 Å². The highest BCUT2D eigenvalue weighted by molar-refractivity contribution is 14.1. The minimum absolute atomic E-state index is 0.149. The lowest BCUT2D eigenvalue weighted by molar-refractivity contribution is -0.385. The summed E-state index contributed by atoms with van der Waals surface area (Å²) in [7, 11) is 0. The lowest BCUT2D eigenvalue weighted by Gasteiger charge is -2.07. The summed E-state index contributed by atoms with van der Waals surface area (Å²) in [6.07, 6.45) is 0. The van der Waals surface area contributed by atoms with E-state index in [4.69, 9.17) is 0 Å². The molecule has 0 amide bonds. The molecule has 0 fully saturated rings. The first-order valence-corrected chi connectivity index (χ1v) is 6.46. The van der Waals surface area contributed by atoms with Crippen molar-refractivity contribution in [3.05, 3.63) is 67.8 Å². The zero-order valence-corrected chi connectivity index (χ0v) is 11.6. The first kappa shape index (κ1) is 12.8. The summed E-state index contributed by atoms with van der Waals surface area (Å²) < 4.78 is 1.13. The Morgan fingerprint density at radius 1 is 1.17 bits per heavy atom. The second kappa shape index (κ2) is 5.81. The molecule has 2 aromatic rings. The molecule has 2 aromatic carbocycles. The van der Waals surface area contributed by atoms with E-state index in [0.29, 0.717) is 12.1 Å². The van der Waals surface area contributed by atoms with E-state index >= 15 is 0 Å². The highest BCUT2D eigenvalue weighted by Gasteiger charge is 2.11. The fourth-order valence-electron chi connectivity index (χ4n) is 1.63. The maximum Gasteiger partial charge on any atom is 0.274 e. The molecule has 92 valence electrons. The van der Waals surface area contributed by atoms with Crippen LogP contribution in [-0.2, 0) is 6.54 Å². The molecule has 18 heavy (non-hydrogen) atoms. The van der Waals surface area contributed by atoms with Gasteiger partial charge in [-0.3, -0.25) is 10.1 Å². The van der Waals surface area contributed by atoms with Crippen LogP contribution in [0, 0.1) is 13.7 Å². The largest absolute Gasteiger partial charge is 0.381 e. The van der Waals surface area contributed by atoms with Crippen LogP contribution in [0.25, 0.3) is 0 Å². The van der Waals surface area contributed by atoms with Crippen LogP contribution < -0.4 is 5.32 Å². The quantitative estimate of drug-likeness (QED) is 0.516. The Morgan fingerprint density at radius 2 is 1.94 bits per heavy atom. The molecular formula is C13H11IN2O2. The van der Waals surface area contributed by atoms with Gasteiger partial charge < -0.3 is 5.32 Å². The number of para-hydroxylation sites is 1. The number of nitrogens with one attached hydrogen (secondary N) is 1. The zero-order chi connectivity index (χ0) is 13.0. The molecule has 0 bridgehead atoms. The van der Waals surface area contributed by atoms with Crippen molar-refractivity contribution in [1.82, 2.24) is 0 Å². The number of nitro groups is 1. The standard InChI is InChI=1S/C13H11IN2O2/c14-11-5-3-6-12(8-11)15-9-10-4-1-2-7-13(10)16(17)18/h1-8,15H,9H2. The molecule has 0 radical (unpaired) electrons. The summed E-state index contributed by atoms with van der Waals surface area (Å²) in [6.45, 7) is 0.442.